The Morgan fingerprint density at radius 2 is 1.80 bits per heavy atom. The minimum absolute atomic E-state index is 0.140. The van der Waals surface area contributed by atoms with Crippen molar-refractivity contribution in [2.75, 3.05) is 0 Å². The Morgan fingerprint density at radius 3 is 2.40 bits per heavy atom. The summed E-state index contributed by atoms with van der Waals surface area (Å²) in [6.07, 6.45) is -4.63. The number of amides is 2. The zero-order chi connectivity index (χ0) is 18.6. The van der Waals surface area contributed by atoms with E-state index >= 15 is 0 Å². The van der Waals surface area contributed by atoms with Crippen molar-refractivity contribution in [1.82, 2.24) is 5.32 Å². The van der Waals surface area contributed by atoms with Crippen molar-refractivity contribution in [3.63, 3.8) is 0 Å². The Balaban J connectivity index is 2.17. The summed E-state index contributed by atoms with van der Waals surface area (Å²) in [6.45, 7) is 0. The van der Waals surface area contributed by atoms with Crippen LogP contribution in [-0.4, -0.2) is 17.9 Å². The first-order chi connectivity index (χ1) is 11.7. The number of nitrogens with two attached hydrogens (primary N) is 1. The number of rotatable bonds is 5. The molecule has 0 radical (unpaired) electrons. The van der Waals surface area contributed by atoms with Crippen LogP contribution < -0.4 is 11.1 Å². The fourth-order valence-electron chi connectivity index (χ4n) is 2.20. The van der Waals surface area contributed by atoms with Gasteiger partial charge in [-0.25, -0.2) is 0 Å². The van der Waals surface area contributed by atoms with Gasteiger partial charge in [-0.1, -0.05) is 40.2 Å². The maximum atomic E-state index is 12.8. The van der Waals surface area contributed by atoms with Gasteiger partial charge < -0.3 is 11.1 Å². The lowest BCUT2D eigenvalue weighted by molar-refractivity contribution is -0.137. The van der Waals surface area contributed by atoms with E-state index in [-0.39, 0.29) is 12.0 Å². The van der Waals surface area contributed by atoms with E-state index in [1.165, 1.54) is 12.1 Å². The minimum atomic E-state index is -4.49. The quantitative estimate of drug-likeness (QED) is 0.787. The molecule has 0 bridgehead atoms. The first-order valence-corrected chi connectivity index (χ1v) is 7.98. The van der Waals surface area contributed by atoms with E-state index in [9.17, 15) is 22.8 Å². The van der Waals surface area contributed by atoms with Gasteiger partial charge in [0.15, 0.2) is 0 Å². The van der Waals surface area contributed by atoms with Crippen molar-refractivity contribution in [1.29, 1.82) is 0 Å². The van der Waals surface area contributed by atoms with Gasteiger partial charge in [0, 0.05) is 16.5 Å². The minimum Gasteiger partial charge on any atom is -0.368 e. The molecule has 0 unspecified atom stereocenters. The van der Waals surface area contributed by atoms with Crippen LogP contribution in [0.15, 0.2) is 53.0 Å². The smallest absolute Gasteiger partial charge is 0.368 e. The van der Waals surface area contributed by atoms with E-state index in [1.807, 2.05) is 0 Å². The molecule has 0 saturated heterocycles. The molecule has 0 aliphatic heterocycles. The number of carbonyl (C=O) groups excluding carboxylic acids is 2. The Bertz CT molecular complexity index is 793. The Morgan fingerprint density at radius 1 is 1.12 bits per heavy atom. The highest BCUT2D eigenvalue weighted by Crippen LogP contribution is 2.29. The van der Waals surface area contributed by atoms with Crippen LogP contribution in [0.5, 0.6) is 0 Å². The number of hydrogen-bond donors (Lipinski definition) is 2. The Kier molecular flexibility index (Phi) is 5.84. The molecule has 2 amide bonds. The van der Waals surface area contributed by atoms with Gasteiger partial charge >= 0.3 is 6.18 Å². The molecule has 0 aromatic heterocycles. The molecule has 0 aliphatic rings. The monoisotopic (exact) mass is 414 g/mol. The number of halogens is 4. The SMILES string of the molecule is NC(=O)[C@H](Cc1cccc(C(F)(F)F)c1)NC(=O)c1cccc(Br)c1. The number of carbonyl (C=O) groups is 2. The molecule has 3 N–H and O–H groups in total. The van der Waals surface area contributed by atoms with E-state index in [0.717, 1.165) is 12.1 Å². The van der Waals surface area contributed by atoms with E-state index in [4.69, 9.17) is 5.73 Å². The molecular formula is C17H14BrF3N2O2. The summed E-state index contributed by atoms with van der Waals surface area (Å²) < 4.78 is 39.0. The number of benzene rings is 2. The maximum Gasteiger partial charge on any atom is 0.416 e. The first kappa shape index (κ1) is 19.0. The highest BCUT2D eigenvalue weighted by atomic mass is 79.9. The van der Waals surface area contributed by atoms with Crippen molar-refractivity contribution < 1.29 is 22.8 Å². The molecular weight excluding hydrogens is 401 g/mol. The summed E-state index contributed by atoms with van der Waals surface area (Å²) in [5, 5.41) is 2.45. The Labute approximate surface area is 150 Å². The van der Waals surface area contributed by atoms with Crippen LogP contribution in [0.25, 0.3) is 0 Å². The molecule has 0 heterocycles. The van der Waals surface area contributed by atoms with Gasteiger partial charge in [0.1, 0.15) is 6.04 Å². The van der Waals surface area contributed by atoms with E-state index < -0.39 is 29.6 Å². The number of alkyl halides is 3. The van der Waals surface area contributed by atoms with Crippen LogP contribution in [0.1, 0.15) is 21.5 Å². The molecule has 4 nitrogen and oxygen atoms in total. The summed E-state index contributed by atoms with van der Waals surface area (Å²) in [5.74, 6) is -1.38. The zero-order valence-corrected chi connectivity index (χ0v) is 14.4. The van der Waals surface area contributed by atoms with Gasteiger partial charge in [0.25, 0.3) is 5.91 Å². The predicted molar refractivity (Wildman–Crippen MR) is 89.7 cm³/mol. The lowest BCUT2D eigenvalue weighted by Gasteiger charge is -2.16. The van der Waals surface area contributed by atoms with Crippen molar-refractivity contribution in [2.24, 2.45) is 5.73 Å². The Hall–Kier alpha value is -2.35. The summed E-state index contributed by atoms with van der Waals surface area (Å²) in [4.78, 5) is 23.8. The van der Waals surface area contributed by atoms with Gasteiger partial charge in [-0.15, -0.1) is 0 Å². The normalized spacial score (nSPS) is 12.5. The molecule has 132 valence electrons. The van der Waals surface area contributed by atoms with Crippen LogP contribution in [0.4, 0.5) is 13.2 Å². The number of hydrogen-bond acceptors (Lipinski definition) is 2. The van der Waals surface area contributed by atoms with Crippen molar-refractivity contribution in [3.05, 3.63) is 69.7 Å². The van der Waals surface area contributed by atoms with Crippen LogP contribution in [0, 0.1) is 0 Å². The van der Waals surface area contributed by atoms with Gasteiger partial charge in [-0.3, -0.25) is 9.59 Å². The fourth-order valence-corrected chi connectivity index (χ4v) is 2.60. The molecule has 2 rings (SSSR count). The summed E-state index contributed by atoms with van der Waals surface area (Å²) in [5.41, 5.74) is 4.99. The van der Waals surface area contributed by atoms with Crippen LogP contribution in [-0.2, 0) is 17.4 Å². The largest absolute Gasteiger partial charge is 0.416 e. The molecule has 1 atom stereocenters. The number of primary amides is 1. The standard InChI is InChI=1S/C17H14BrF3N2O2/c18-13-6-2-4-11(9-13)16(25)23-14(15(22)24)8-10-3-1-5-12(7-10)17(19,20)21/h1-7,9,14H,8H2,(H2,22,24)(H,23,25)/t14-/m0/s1. The second-order valence-corrected chi connectivity index (χ2v) is 6.26. The summed E-state index contributed by atoms with van der Waals surface area (Å²) in [6, 6.07) is 9.89. The molecule has 0 fully saturated rings. The van der Waals surface area contributed by atoms with E-state index in [0.29, 0.717) is 10.0 Å². The van der Waals surface area contributed by atoms with Crippen molar-refractivity contribution in [3.8, 4) is 0 Å². The second kappa shape index (κ2) is 7.69. The molecule has 25 heavy (non-hydrogen) atoms. The third kappa shape index (κ3) is 5.32. The highest BCUT2D eigenvalue weighted by molar-refractivity contribution is 9.10. The fraction of sp³-hybridized carbons (Fsp3) is 0.176. The average Bonchev–Trinajstić information content (AvgIpc) is 2.53. The predicted octanol–water partition coefficient (Wildman–Crippen LogP) is 3.29. The zero-order valence-electron chi connectivity index (χ0n) is 12.8. The van der Waals surface area contributed by atoms with Crippen LogP contribution >= 0.6 is 15.9 Å². The van der Waals surface area contributed by atoms with Crippen molar-refractivity contribution in [2.45, 2.75) is 18.6 Å². The van der Waals surface area contributed by atoms with Crippen LogP contribution in [0.2, 0.25) is 0 Å². The first-order valence-electron chi connectivity index (χ1n) is 7.18. The van der Waals surface area contributed by atoms with E-state index in [1.54, 1.807) is 24.3 Å². The molecule has 0 spiro atoms. The lowest BCUT2D eigenvalue weighted by atomic mass is 10.0. The molecule has 0 aliphatic carbocycles. The van der Waals surface area contributed by atoms with Crippen molar-refractivity contribution >= 4 is 27.7 Å². The topological polar surface area (TPSA) is 72.2 Å². The number of nitrogens with one attached hydrogen (secondary N) is 1. The average molecular weight is 415 g/mol. The van der Waals surface area contributed by atoms with Gasteiger partial charge in [0.2, 0.25) is 5.91 Å². The summed E-state index contributed by atoms with van der Waals surface area (Å²) >= 11 is 3.23. The van der Waals surface area contributed by atoms with Gasteiger partial charge in [-0.05, 0) is 29.8 Å². The third-order valence-corrected chi connectivity index (χ3v) is 3.92. The maximum absolute atomic E-state index is 12.8. The van der Waals surface area contributed by atoms with Crippen LogP contribution in [0.3, 0.4) is 0 Å². The molecule has 2 aromatic carbocycles. The second-order valence-electron chi connectivity index (χ2n) is 5.34. The third-order valence-electron chi connectivity index (χ3n) is 3.43. The molecule has 0 saturated carbocycles. The lowest BCUT2D eigenvalue weighted by Crippen LogP contribution is -2.45. The van der Waals surface area contributed by atoms with Gasteiger partial charge in [-0.2, -0.15) is 13.2 Å². The molecule has 8 heteroatoms. The highest BCUT2D eigenvalue weighted by Gasteiger charge is 2.30. The molecule has 2 aromatic rings. The van der Waals surface area contributed by atoms with E-state index in [2.05, 4.69) is 21.2 Å². The summed E-state index contributed by atoms with van der Waals surface area (Å²) in [7, 11) is 0. The van der Waals surface area contributed by atoms with Gasteiger partial charge in [0.05, 0.1) is 5.56 Å².